The lowest BCUT2D eigenvalue weighted by Crippen LogP contribution is -2.43. The quantitative estimate of drug-likeness (QED) is 0.838. The van der Waals surface area contributed by atoms with Crippen molar-refractivity contribution in [1.29, 1.82) is 0 Å². The normalized spacial score (nSPS) is 12.3. The van der Waals surface area contributed by atoms with Crippen LogP contribution in [0.5, 0.6) is 5.75 Å². The van der Waals surface area contributed by atoms with Crippen molar-refractivity contribution < 1.29 is 13.9 Å². The molecule has 0 heterocycles. The molecule has 0 saturated carbocycles. The summed E-state index contributed by atoms with van der Waals surface area (Å²) in [5, 5.41) is 2.81. The number of ether oxygens (including phenoxy) is 1. The molecule has 0 aliphatic carbocycles. The molecule has 1 amide bonds. The summed E-state index contributed by atoms with van der Waals surface area (Å²) < 4.78 is 18.0. The van der Waals surface area contributed by atoms with Gasteiger partial charge in [-0.2, -0.15) is 0 Å². The fraction of sp³-hybridized carbons (Fsp3) is 0.462. The van der Waals surface area contributed by atoms with Gasteiger partial charge in [0.1, 0.15) is 0 Å². The number of carbonyl (C=O) groups excluding carboxylic acids is 1. The molecule has 1 aromatic carbocycles. The van der Waals surface area contributed by atoms with Gasteiger partial charge in [-0.25, -0.2) is 4.39 Å². The molecule has 0 aliphatic rings. The number of nitrogens with two attached hydrogens (primary N) is 1. The third-order valence-electron chi connectivity index (χ3n) is 2.79. The number of nitrogens with one attached hydrogen (secondary N) is 1. The first kappa shape index (κ1) is 14.4. The van der Waals surface area contributed by atoms with E-state index in [2.05, 4.69) is 5.32 Å². The molecule has 18 heavy (non-hydrogen) atoms. The Bertz CT molecular complexity index is 421. The smallest absolute Gasteiger partial charge is 0.251 e. The summed E-state index contributed by atoms with van der Waals surface area (Å²) in [7, 11) is 1.36. The van der Waals surface area contributed by atoms with Crippen LogP contribution in [0.1, 0.15) is 24.2 Å². The highest BCUT2D eigenvalue weighted by atomic mass is 19.1. The molecule has 5 heteroatoms. The van der Waals surface area contributed by atoms with Crippen molar-refractivity contribution in [3.05, 3.63) is 29.6 Å². The summed E-state index contributed by atoms with van der Waals surface area (Å²) in [6, 6.07) is 3.90. The second kappa shape index (κ2) is 6.35. The molecule has 0 bridgehead atoms. The number of rotatable bonds is 5. The molecule has 0 aromatic heterocycles. The van der Waals surface area contributed by atoms with Crippen LogP contribution < -0.4 is 15.8 Å². The summed E-state index contributed by atoms with van der Waals surface area (Å²) in [5.74, 6) is -0.483. The molecule has 0 spiro atoms. The Hall–Kier alpha value is -1.62. The van der Waals surface area contributed by atoms with E-state index < -0.39 is 5.82 Å². The van der Waals surface area contributed by atoms with Crippen LogP contribution in [0.3, 0.4) is 0 Å². The number of hydrogen-bond donors (Lipinski definition) is 2. The zero-order chi connectivity index (χ0) is 13.7. The molecule has 4 nitrogen and oxygen atoms in total. The first-order valence-corrected chi connectivity index (χ1v) is 5.84. The van der Waals surface area contributed by atoms with E-state index in [1.165, 1.54) is 25.3 Å². The zero-order valence-electron chi connectivity index (χ0n) is 10.9. The maximum absolute atomic E-state index is 13.2. The molecule has 0 radical (unpaired) electrons. The highest BCUT2D eigenvalue weighted by Gasteiger charge is 2.16. The van der Waals surface area contributed by atoms with Crippen molar-refractivity contribution in [2.24, 2.45) is 11.7 Å². The Labute approximate surface area is 106 Å². The van der Waals surface area contributed by atoms with E-state index in [0.29, 0.717) is 12.1 Å². The molecule has 0 fully saturated rings. The summed E-state index contributed by atoms with van der Waals surface area (Å²) >= 11 is 0. The monoisotopic (exact) mass is 254 g/mol. The maximum Gasteiger partial charge on any atom is 0.251 e. The molecular formula is C13H19FN2O2. The molecular weight excluding hydrogens is 235 g/mol. The van der Waals surface area contributed by atoms with Crippen LogP contribution >= 0.6 is 0 Å². The summed E-state index contributed by atoms with van der Waals surface area (Å²) in [6.07, 6.45) is 0. The van der Waals surface area contributed by atoms with Crippen molar-refractivity contribution in [3.8, 4) is 5.75 Å². The van der Waals surface area contributed by atoms with E-state index >= 15 is 0 Å². The van der Waals surface area contributed by atoms with E-state index in [-0.39, 0.29) is 23.6 Å². The standard InChI is InChI=1S/C13H19FN2O2/c1-8(2)11(7-15)16-13(17)9-4-5-10(14)12(6-9)18-3/h4-6,8,11H,7,15H2,1-3H3,(H,16,17). The van der Waals surface area contributed by atoms with Gasteiger partial charge in [-0.3, -0.25) is 4.79 Å². The van der Waals surface area contributed by atoms with Crippen LogP contribution in [0.4, 0.5) is 4.39 Å². The molecule has 3 N–H and O–H groups in total. The third kappa shape index (κ3) is 3.43. The van der Waals surface area contributed by atoms with Gasteiger partial charge in [0.2, 0.25) is 0 Å². The van der Waals surface area contributed by atoms with Gasteiger partial charge in [-0.15, -0.1) is 0 Å². The zero-order valence-corrected chi connectivity index (χ0v) is 10.9. The van der Waals surface area contributed by atoms with Crippen LogP contribution in [0.25, 0.3) is 0 Å². The second-order valence-electron chi connectivity index (χ2n) is 4.41. The van der Waals surface area contributed by atoms with Crippen LogP contribution in [0, 0.1) is 11.7 Å². The molecule has 0 aliphatic heterocycles. The lowest BCUT2D eigenvalue weighted by atomic mass is 10.0. The number of methoxy groups -OCH3 is 1. The molecule has 0 saturated heterocycles. The van der Waals surface area contributed by atoms with Crippen LogP contribution in [-0.4, -0.2) is 25.6 Å². The van der Waals surface area contributed by atoms with E-state index in [1.54, 1.807) is 0 Å². The minimum absolute atomic E-state index is 0.0523. The summed E-state index contributed by atoms with van der Waals surface area (Å²) in [4.78, 5) is 12.0. The summed E-state index contributed by atoms with van der Waals surface area (Å²) in [6.45, 7) is 4.31. The van der Waals surface area contributed by atoms with Gasteiger partial charge in [-0.05, 0) is 24.1 Å². The predicted molar refractivity (Wildman–Crippen MR) is 68.1 cm³/mol. The SMILES string of the molecule is COc1cc(C(=O)NC(CN)C(C)C)ccc1F. The van der Waals surface area contributed by atoms with Crippen molar-refractivity contribution >= 4 is 5.91 Å². The molecule has 1 aromatic rings. The molecule has 1 rings (SSSR count). The molecule has 1 atom stereocenters. The largest absolute Gasteiger partial charge is 0.494 e. The van der Waals surface area contributed by atoms with Gasteiger partial charge in [0.05, 0.1) is 7.11 Å². The highest BCUT2D eigenvalue weighted by molar-refractivity contribution is 5.94. The average molecular weight is 254 g/mol. The fourth-order valence-electron chi connectivity index (χ4n) is 1.55. The van der Waals surface area contributed by atoms with Crippen LogP contribution in [0.2, 0.25) is 0 Å². The number of amides is 1. The number of benzene rings is 1. The second-order valence-corrected chi connectivity index (χ2v) is 4.41. The van der Waals surface area contributed by atoms with E-state index in [0.717, 1.165) is 0 Å². The van der Waals surface area contributed by atoms with Crippen molar-refractivity contribution in [2.45, 2.75) is 19.9 Å². The first-order valence-electron chi connectivity index (χ1n) is 5.84. The summed E-state index contributed by atoms with van der Waals surface area (Å²) in [5.41, 5.74) is 5.93. The fourth-order valence-corrected chi connectivity index (χ4v) is 1.55. The van der Waals surface area contributed by atoms with Crippen LogP contribution in [-0.2, 0) is 0 Å². The van der Waals surface area contributed by atoms with Crippen molar-refractivity contribution in [3.63, 3.8) is 0 Å². The van der Waals surface area contributed by atoms with Gasteiger partial charge in [-0.1, -0.05) is 13.8 Å². The Morgan fingerprint density at radius 3 is 2.67 bits per heavy atom. The van der Waals surface area contributed by atoms with E-state index in [1.807, 2.05) is 13.8 Å². The average Bonchev–Trinajstić information content (AvgIpc) is 2.35. The van der Waals surface area contributed by atoms with Crippen molar-refractivity contribution in [2.75, 3.05) is 13.7 Å². The van der Waals surface area contributed by atoms with Gasteiger partial charge in [0, 0.05) is 18.2 Å². The molecule has 1 unspecified atom stereocenters. The lowest BCUT2D eigenvalue weighted by molar-refractivity contribution is 0.0927. The van der Waals surface area contributed by atoms with E-state index in [4.69, 9.17) is 10.5 Å². The Balaban J connectivity index is 2.84. The lowest BCUT2D eigenvalue weighted by Gasteiger charge is -2.20. The van der Waals surface area contributed by atoms with Gasteiger partial charge < -0.3 is 15.8 Å². The Kier molecular flexibility index (Phi) is 5.09. The topological polar surface area (TPSA) is 64.3 Å². The highest BCUT2D eigenvalue weighted by Crippen LogP contribution is 2.18. The number of hydrogen-bond acceptors (Lipinski definition) is 3. The van der Waals surface area contributed by atoms with E-state index in [9.17, 15) is 9.18 Å². The molecule has 100 valence electrons. The number of carbonyl (C=O) groups is 1. The maximum atomic E-state index is 13.2. The Morgan fingerprint density at radius 1 is 1.50 bits per heavy atom. The van der Waals surface area contributed by atoms with Crippen LogP contribution in [0.15, 0.2) is 18.2 Å². The predicted octanol–water partition coefficient (Wildman–Crippen LogP) is 1.55. The Morgan fingerprint density at radius 2 is 2.17 bits per heavy atom. The van der Waals surface area contributed by atoms with Gasteiger partial charge in [0.25, 0.3) is 5.91 Å². The minimum Gasteiger partial charge on any atom is -0.494 e. The van der Waals surface area contributed by atoms with Gasteiger partial charge >= 0.3 is 0 Å². The third-order valence-corrected chi connectivity index (χ3v) is 2.79. The minimum atomic E-state index is -0.492. The first-order chi connectivity index (χ1) is 8.49. The van der Waals surface area contributed by atoms with Gasteiger partial charge in [0.15, 0.2) is 11.6 Å². The number of halogens is 1. The van der Waals surface area contributed by atoms with Crippen molar-refractivity contribution in [1.82, 2.24) is 5.32 Å².